The molecule has 7 heteroatoms. The molecule has 2 N–H and O–H groups in total. The van der Waals surface area contributed by atoms with Gasteiger partial charge in [-0.25, -0.2) is 0 Å². The number of carboxylic acid groups (broad SMARTS) is 1. The molecular weight excluding hydrogens is 398 g/mol. The molecule has 31 heavy (non-hydrogen) atoms. The average Bonchev–Trinajstić information content (AvgIpc) is 2.99. The van der Waals surface area contributed by atoms with Crippen molar-refractivity contribution >= 4 is 23.4 Å². The third-order valence-corrected chi connectivity index (χ3v) is 5.16. The Balaban J connectivity index is 2.06. The quantitative estimate of drug-likeness (QED) is 0.381. The highest BCUT2D eigenvalue weighted by Crippen LogP contribution is 2.40. The van der Waals surface area contributed by atoms with Gasteiger partial charge in [0.1, 0.15) is 11.5 Å². The van der Waals surface area contributed by atoms with Crippen molar-refractivity contribution < 1.29 is 29.3 Å². The summed E-state index contributed by atoms with van der Waals surface area (Å²) in [5, 5.41) is 19.9. The molecule has 1 amide bonds. The molecule has 162 valence electrons. The average molecular weight is 423 g/mol. The Morgan fingerprint density at radius 2 is 1.68 bits per heavy atom. The number of ketones is 1. The maximum atomic E-state index is 12.9. The number of aliphatic carboxylic acids is 1. The number of carboxylic acids is 1. The van der Waals surface area contributed by atoms with Crippen molar-refractivity contribution in [1.82, 2.24) is 4.90 Å². The van der Waals surface area contributed by atoms with Crippen molar-refractivity contribution in [3.63, 3.8) is 0 Å². The largest absolute Gasteiger partial charge is 0.507 e. The number of aryl methyl sites for hydroxylation is 1. The number of hydrogen-bond donors (Lipinski definition) is 2. The number of benzene rings is 2. The third-order valence-electron chi connectivity index (χ3n) is 5.16. The fourth-order valence-corrected chi connectivity index (χ4v) is 3.64. The van der Waals surface area contributed by atoms with Crippen LogP contribution in [0.1, 0.15) is 42.5 Å². The van der Waals surface area contributed by atoms with Crippen LogP contribution in [0.2, 0.25) is 0 Å². The van der Waals surface area contributed by atoms with Crippen LogP contribution < -0.4 is 4.74 Å². The van der Waals surface area contributed by atoms with Crippen molar-refractivity contribution in [2.75, 3.05) is 13.2 Å². The molecule has 3 rings (SSSR count). The van der Waals surface area contributed by atoms with E-state index in [-0.39, 0.29) is 30.7 Å². The first-order chi connectivity index (χ1) is 14.8. The van der Waals surface area contributed by atoms with Crippen LogP contribution in [0.5, 0.6) is 5.75 Å². The van der Waals surface area contributed by atoms with Gasteiger partial charge in [-0.1, -0.05) is 42.0 Å². The minimum Gasteiger partial charge on any atom is -0.507 e. The van der Waals surface area contributed by atoms with Crippen LogP contribution >= 0.6 is 0 Å². The Morgan fingerprint density at radius 1 is 1.03 bits per heavy atom. The molecule has 0 aliphatic carbocycles. The Kier molecular flexibility index (Phi) is 6.74. The first-order valence-corrected chi connectivity index (χ1v) is 10.1. The SMILES string of the molecule is CCOc1ccc([C@H]2/C(=C(\O)c3ccc(C)cc3)C(=O)C(=O)N2CCCC(=O)O)cc1. The molecule has 0 radical (unpaired) electrons. The molecule has 1 atom stereocenters. The number of rotatable bonds is 8. The van der Waals surface area contributed by atoms with Gasteiger partial charge in [0.05, 0.1) is 18.2 Å². The van der Waals surface area contributed by atoms with E-state index in [1.807, 2.05) is 26.0 Å². The lowest BCUT2D eigenvalue weighted by Gasteiger charge is -2.25. The lowest BCUT2D eigenvalue weighted by atomic mass is 9.95. The van der Waals surface area contributed by atoms with Gasteiger partial charge in [0.15, 0.2) is 0 Å². The van der Waals surface area contributed by atoms with E-state index in [0.29, 0.717) is 23.5 Å². The monoisotopic (exact) mass is 423 g/mol. The van der Waals surface area contributed by atoms with Crippen LogP contribution in [0.4, 0.5) is 0 Å². The van der Waals surface area contributed by atoms with Crippen molar-refractivity contribution in [1.29, 1.82) is 0 Å². The van der Waals surface area contributed by atoms with E-state index < -0.39 is 23.7 Å². The first-order valence-electron chi connectivity index (χ1n) is 10.1. The lowest BCUT2D eigenvalue weighted by molar-refractivity contribution is -0.140. The summed E-state index contributed by atoms with van der Waals surface area (Å²) < 4.78 is 5.46. The summed E-state index contributed by atoms with van der Waals surface area (Å²) in [5.41, 5.74) is 2.05. The molecule has 1 aliphatic heterocycles. The number of hydrogen-bond acceptors (Lipinski definition) is 5. The van der Waals surface area contributed by atoms with Crippen LogP contribution in [0.25, 0.3) is 5.76 Å². The minimum absolute atomic E-state index is 0.00617. The highest BCUT2D eigenvalue weighted by molar-refractivity contribution is 6.46. The molecule has 0 spiro atoms. The molecule has 1 heterocycles. The molecule has 7 nitrogen and oxygen atoms in total. The number of likely N-dealkylation sites (tertiary alicyclic amines) is 1. The van der Waals surface area contributed by atoms with Gasteiger partial charge in [-0.2, -0.15) is 0 Å². The maximum Gasteiger partial charge on any atom is 0.303 e. The van der Waals surface area contributed by atoms with Crippen molar-refractivity contribution in [3.05, 3.63) is 70.8 Å². The van der Waals surface area contributed by atoms with Crippen molar-refractivity contribution in [3.8, 4) is 5.75 Å². The topological polar surface area (TPSA) is 104 Å². The van der Waals surface area contributed by atoms with Gasteiger partial charge >= 0.3 is 5.97 Å². The minimum atomic E-state index is -0.978. The van der Waals surface area contributed by atoms with Crippen LogP contribution in [0.3, 0.4) is 0 Å². The molecule has 1 saturated heterocycles. The van der Waals surface area contributed by atoms with Crippen molar-refractivity contribution in [2.45, 2.75) is 32.7 Å². The Bertz CT molecular complexity index is 1010. The number of ether oxygens (including phenoxy) is 1. The highest BCUT2D eigenvalue weighted by atomic mass is 16.5. The van der Waals surface area contributed by atoms with E-state index in [4.69, 9.17) is 9.84 Å². The summed E-state index contributed by atoms with van der Waals surface area (Å²) in [7, 11) is 0. The van der Waals surface area contributed by atoms with E-state index in [2.05, 4.69) is 0 Å². The second-order valence-corrected chi connectivity index (χ2v) is 7.36. The van der Waals surface area contributed by atoms with Gasteiger partial charge in [0.25, 0.3) is 11.7 Å². The van der Waals surface area contributed by atoms with Gasteiger partial charge in [-0.3, -0.25) is 14.4 Å². The summed E-state index contributed by atoms with van der Waals surface area (Å²) in [5.74, 6) is -2.12. The third kappa shape index (κ3) is 4.77. The number of carbonyl (C=O) groups excluding carboxylic acids is 2. The summed E-state index contributed by atoms with van der Waals surface area (Å²) in [6.07, 6.45) is 0.0669. The molecule has 0 bridgehead atoms. The fraction of sp³-hybridized carbons (Fsp3) is 0.292. The number of amides is 1. The van der Waals surface area contributed by atoms with Crippen LogP contribution in [0, 0.1) is 6.92 Å². The second kappa shape index (κ2) is 9.47. The molecular formula is C24H25NO6. The molecule has 1 fully saturated rings. The van der Waals surface area contributed by atoms with Crippen molar-refractivity contribution in [2.24, 2.45) is 0 Å². The van der Waals surface area contributed by atoms with E-state index in [0.717, 1.165) is 5.56 Å². The predicted octanol–water partition coefficient (Wildman–Crippen LogP) is 3.68. The fourth-order valence-electron chi connectivity index (χ4n) is 3.64. The molecule has 2 aromatic carbocycles. The van der Waals surface area contributed by atoms with Gasteiger partial charge < -0.3 is 19.8 Å². The van der Waals surface area contributed by atoms with Crippen LogP contribution in [-0.4, -0.2) is 45.9 Å². The van der Waals surface area contributed by atoms with E-state index >= 15 is 0 Å². The van der Waals surface area contributed by atoms with Gasteiger partial charge in [0.2, 0.25) is 0 Å². The Hall–Kier alpha value is -3.61. The number of carbonyl (C=O) groups is 3. The smallest absolute Gasteiger partial charge is 0.303 e. The van der Waals surface area contributed by atoms with Gasteiger partial charge in [0, 0.05) is 18.5 Å². The number of nitrogens with zero attached hydrogens (tertiary/aromatic N) is 1. The number of aliphatic hydroxyl groups is 1. The molecule has 1 aliphatic rings. The molecule has 2 aromatic rings. The normalized spacial score (nSPS) is 17.7. The van der Waals surface area contributed by atoms with E-state index in [1.165, 1.54) is 4.90 Å². The zero-order valence-electron chi connectivity index (χ0n) is 17.5. The van der Waals surface area contributed by atoms with Crippen LogP contribution in [-0.2, 0) is 14.4 Å². The molecule has 0 unspecified atom stereocenters. The zero-order chi connectivity index (χ0) is 22.5. The molecule has 0 aromatic heterocycles. The maximum absolute atomic E-state index is 12.9. The lowest BCUT2D eigenvalue weighted by Crippen LogP contribution is -2.31. The van der Waals surface area contributed by atoms with E-state index in [1.54, 1.807) is 36.4 Å². The molecule has 0 saturated carbocycles. The summed E-state index contributed by atoms with van der Waals surface area (Å²) in [4.78, 5) is 37.9. The summed E-state index contributed by atoms with van der Waals surface area (Å²) in [6, 6.07) is 13.2. The predicted molar refractivity (Wildman–Crippen MR) is 115 cm³/mol. The summed E-state index contributed by atoms with van der Waals surface area (Å²) >= 11 is 0. The summed E-state index contributed by atoms with van der Waals surface area (Å²) in [6.45, 7) is 4.36. The number of aliphatic hydroxyl groups excluding tert-OH is 1. The standard InChI is InChI=1S/C24H25NO6/c1-3-31-18-12-10-16(11-13-18)21-20(22(28)17-8-6-15(2)7-9-17)23(29)24(30)25(21)14-4-5-19(26)27/h6-13,21,28H,3-5,14H2,1-2H3,(H,26,27)/b22-20+/t21-/m0/s1. The Morgan fingerprint density at radius 3 is 2.26 bits per heavy atom. The first kappa shape index (κ1) is 22.1. The van der Waals surface area contributed by atoms with Gasteiger partial charge in [-0.15, -0.1) is 0 Å². The second-order valence-electron chi connectivity index (χ2n) is 7.36. The Labute approximate surface area is 180 Å². The van der Waals surface area contributed by atoms with E-state index in [9.17, 15) is 19.5 Å². The highest BCUT2D eigenvalue weighted by Gasteiger charge is 2.45. The van der Waals surface area contributed by atoms with Gasteiger partial charge in [-0.05, 0) is 38.0 Å². The number of Topliss-reactive ketones (excluding diaryl/α,β-unsaturated/α-hetero) is 1. The zero-order valence-corrected chi connectivity index (χ0v) is 17.5. The van der Waals surface area contributed by atoms with Crippen LogP contribution in [0.15, 0.2) is 54.1 Å².